The molecule has 0 saturated carbocycles. The van der Waals surface area contributed by atoms with E-state index in [1.54, 1.807) is 11.3 Å². The van der Waals surface area contributed by atoms with Crippen LogP contribution in [-0.2, 0) is 24.2 Å². The Balaban J connectivity index is 1.30. The maximum Gasteiger partial charge on any atom is 0.220 e. The lowest BCUT2D eigenvalue weighted by atomic mass is 9.99. The highest BCUT2D eigenvalue weighted by atomic mass is 35.5. The van der Waals surface area contributed by atoms with Crippen LogP contribution in [0.2, 0.25) is 5.02 Å². The topological polar surface area (TPSA) is 89.3 Å². The number of nitrogens with one attached hydrogen (secondary N) is 2. The Morgan fingerprint density at radius 3 is 3.00 bits per heavy atom. The van der Waals surface area contributed by atoms with Crippen molar-refractivity contribution in [3.63, 3.8) is 0 Å². The van der Waals surface area contributed by atoms with Crippen molar-refractivity contribution in [3.8, 4) is 16.9 Å². The lowest BCUT2D eigenvalue weighted by molar-refractivity contribution is -0.119. The molecule has 0 spiro atoms. The predicted molar refractivity (Wildman–Crippen MR) is 129 cm³/mol. The van der Waals surface area contributed by atoms with Crippen LogP contribution >= 0.6 is 22.9 Å². The number of benzene rings is 1. The second-order valence-electron chi connectivity index (χ2n) is 9.03. The molecule has 4 aromatic rings. The van der Waals surface area contributed by atoms with E-state index in [9.17, 15) is 4.79 Å². The van der Waals surface area contributed by atoms with E-state index in [4.69, 9.17) is 20.9 Å². The van der Waals surface area contributed by atoms with Gasteiger partial charge in [-0.05, 0) is 30.7 Å². The number of aromatic nitrogens is 2. The van der Waals surface area contributed by atoms with Crippen LogP contribution in [-0.4, -0.2) is 22.6 Å². The number of amides is 1. The minimum atomic E-state index is -0.228. The highest BCUT2D eigenvalue weighted by Crippen LogP contribution is 2.48. The molecule has 7 nitrogen and oxygen atoms in total. The smallest absolute Gasteiger partial charge is 0.220 e. The van der Waals surface area contributed by atoms with Gasteiger partial charge in [0.1, 0.15) is 5.75 Å². The first-order valence-electron chi connectivity index (χ1n) is 11.5. The van der Waals surface area contributed by atoms with Crippen LogP contribution in [0.3, 0.4) is 0 Å². The summed E-state index contributed by atoms with van der Waals surface area (Å²) in [5, 5.41) is 11.4. The molecule has 7 rings (SSSR count). The predicted octanol–water partition coefficient (Wildman–Crippen LogP) is 4.88. The average Bonchev–Trinajstić information content (AvgIpc) is 3.61. The molecule has 3 aliphatic heterocycles. The molecule has 172 valence electrons. The molecule has 0 aliphatic carbocycles. The average molecular weight is 493 g/mol. The van der Waals surface area contributed by atoms with Gasteiger partial charge in [0.05, 0.1) is 22.0 Å². The van der Waals surface area contributed by atoms with Crippen molar-refractivity contribution in [2.24, 2.45) is 0 Å². The summed E-state index contributed by atoms with van der Waals surface area (Å²) in [6.45, 7) is 1.66. The number of halogens is 1. The van der Waals surface area contributed by atoms with Gasteiger partial charge in [0.15, 0.2) is 11.9 Å². The van der Waals surface area contributed by atoms with E-state index in [1.165, 1.54) is 0 Å². The normalized spacial score (nSPS) is 21.4. The molecular formula is C25H21ClN4O3S. The van der Waals surface area contributed by atoms with Crippen molar-refractivity contribution >= 4 is 39.1 Å². The molecule has 6 heterocycles. The fourth-order valence-electron chi connectivity index (χ4n) is 5.25. The lowest BCUT2D eigenvalue weighted by Crippen LogP contribution is -2.24. The molecule has 3 aromatic heterocycles. The monoisotopic (exact) mass is 492 g/mol. The van der Waals surface area contributed by atoms with E-state index in [2.05, 4.69) is 26.8 Å². The standard InChI is InChI=1S/C25H21ClN4O3S/c26-13-7-12-8-20(24-16-11-27-5-4-17(16)30-33-24)32-23(12)15(9-13)14-3-6-28-19-10-21(34-25(14)19)18-1-2-22(31)29-18/h3,6-7,9-10,18,20,27H,1-2,4-5,8,11H2,(H,29,31). The number of nitrogens with zero attached hydrogens (tertiary/aromatic N) is 2. The van der Waals surface area contributed by atoms with Gasteiger partial charge in [0, 0.05) is 70.7 Å². The lowest BCUT2D eigenvalue weighted by Gasteiger charge is -2.15. The van der Waals surface area contributed by atoms with E-state index in [0.29, 0.717) is 17.9 Å². The summed E-state index contributed by atoms with van der Waals surface area (Å²) in [4.78, 5) is 17.5. The van der Waals surface area contributed by atoms with Crippen LogP contribution in [0.4, 0.5) is 0 Å². The molecule has 2 atom stereocenters. The van der Waals surface area contributed by atoms with Gasteiger partial charge in [-0.2, -0.15) is 0 Å². The number of carbonyl (C=O) groups excluding carboxylic acids is 1. The minimum absolute atomic E-state index is 0.0523. The Bertz CT molecular complexity index is 1460. The van der Waals surface area contributed by atoms with Gasteiger partial charge >= 0.3 is 0 Å². The summed E-state index contributed by atoms with van der Waals surface area (Å²) >= 11 is 8.26. The maximum absolute atomic E-state index is 11.7. The van der Waals surface area contributed by atoms with E-state index in [0.717, 1.165) is 80.5 Å². The van der Waals surface area contributed by atoms with E-state index < -0.39 is 0 Å². The molecule has 34 heavy (non-hydrogen) atoms. The highest BCUT2D eigenvalue weighted by molar-refractivity contribution is 7.19. The third kappa shape index (κ3) is 3.24. The van der Waals surface area contributed by atoms with Gasteiger partial charge < -0.3 is 19.9 Å². The number of rotatable bonds is 3. The summed E-state index contributed by atoms with van der Waals surface area (Å²) in [5.41, 5.74) is 6.10. The summed E-state index contributed by atoms with van der Waals surface area (Å²) in [6.07, 6.45) is 4.52. The first-order valence-corrected chi connectivity index (χ1v) is 12.7. The van der Waals surface area contributed by atoms with Crippen molar-refractivity contribution in [1.82, 2.24) is 20.8 Å². The molecule has 1 fully saturated rings. The molecule has 0 bridgehead atoms. The van der Waals surface area contributed by atoms with E-state index >= 15 is 0 Å². The second-order valence-corrected chi connectivity index (χ2v) is 10.6. The SMILES string of the molecule is O=C1CCC(c2cc3nccc(-c4cc(Cl)cc5c4OC(c4onc6c4CNCC6)C5)c3s2)N1. The van der Waals surface area contributed by atoms with Crippen molar-refractivity contribution < 1.29 is 14.1 Å². The maximum atomic E-state index is 11.7. The Morgan fingerprint density at radius 1 is 1.18 bits per heavy atom. The molecular weight excluding hydrogens is 472 g/mol. The van der Waals surface area contributed by atoms with Gasteiger partial charge in [0.25, 0.3) is 0 Å². The van der Waals surface area contributed by atoms with Crippen LogP contribution < -0.4 is 15.4 Å². The molecule has 1 saturated heterocycles. The molecule has 1 aromatic carbocycles. The van der Waals surface area contributed by atoms with E-state index in [-0.39, 0.29) is 18.1 Å². The summed E-state index contributed by atoms with van der Waals surface area (Å²) in [6, 6.07) is 8.09. The summed E-state index contributed by atoms with van der Waals surface area (Å²) < 4.78 is 13.4. The first kappa shape index (κ1) is 20.4. The Kier molecular flexibility index (Phi) is 4.69. The number of thiophene rings is 1. The highest BCUT2D eigenvalue weighted by Gasteiger charge is 2.34. The summed E-state index contributed by atoms with van der Waals surface area (Å²) in [7, 11) is 0. The number of hydrogen-bond donors (Lipinski definition) is 2. The van der Waals surface area contributed by atoms with Crippen LogP contribution in [0, 0.1) is 0 Å². The molecule has 2 unspecified atom stereocenters. The van der Waals surface area contributed by atoms with Crippen molar-refractivity contribution in [2.45, 2.75) is 44.4 Å². The van der Waals surface area contributed by atoms with Gasteiger partial charge in [-0.3, -0.25) is 9.78 Å². The third-order valence-corrected chi connectivity index (χ3v) is 8.38. The van der Waals surface area contributed by atoms with Crippen LogP contribution in [0.5, 0.6) is 5.75 Å². The Labute approximate surface area is 204 Å². The number of ether oxygens (including phenoxy) is 1. The van der Waals surface area contributed by atoms with Gasteiger partial charge in [-0.15, -0.1) is 11.3 Å². The quantitative estimate of drug-likeness (QED) is 0.424. The zero-order valence-corrected chi connectivity index (χ0v) is 19.8. The second kappa shape index (κ2) is 7.80. The molecule has 3 aliphatic rings. The van der Waals surface area contributed by atoms with Gasteiger partial charge in [0.2, 0.25) is 5.91 Å². The molecule has 0 radical (unpaired) electrons. The number of hydrogen-bond acceptors (Lipinski definition) is 7. The van der Waals surface area contributed by atoms with Crippen LogP contribution in [0.25, 0.3) is 21.3 Å². The first-order chi connectivity index (χ1) is 16.6. The fraction of sp³-hybridized carbons (Fsp3) is 0.320. The summed E-state index contributed by atoms with van der Waals surface area (Å²) in [5.74, 6) is 1.74. The van der Waals surface area contributed by atoms with E-state index in [1.807, 2.05) is 24.4 Å². The zero-order valence-electron chi connectivity index (χ0n) is 18.2. The molecule has 1 amide bonds. The number of carbonyl (C=O) groups is 1. The molecule has 2 N–H and O–H groups in total. The van der Waals surface area contributed by atoms with Crippen LogP contribution in [0.15, 0.2) is 35.0 Å². The Morgan fingerprint density at radius 2 is 2.12 bits per heavy atom. The van der Waals surface area contributed by atoms with Crippen molar-refractivity contribution in [3.05, 3.63) is 62.9 Å². The van der Waals surface area contributed by atoms with Gasteiger partial charge in [-0.1, -0.05) is 16.8 Å². The fourth-order valence-corrected chi connectivity index (χ4v) is 6.72. The Hall–Kier alpha value is -2.94. The minimum Gasteiger partial charge on any atom is -0.481 e. The molecule has 9 heteroatoms. The van der Waals surface area contributed by atoms with Crippen LogP contribution in [0.1, 0.15) is 52.4 Å². The van der Waals surface area contributed by atoms with Crippen molar-refractivity contribution in [1.29, 1.82) is 0 Å². The zero-order chi connectivity index (χ0) is 22.8. The third-order valence-electron chi connectivity index (χ3n) is 6.89. The number of pyridine rings is 1. The number of fused-ring (bicyclic) bond motifs is 3. The van der Waals surface area contributed by atoms with Gasteiger partial charge in [-0.25, -0.2) is 0 Å². The largest absolute Gasteiger partial charge is 0.481 e. The van der Waals surface area contributed by atoms with Crippen molar-refractivity contribution in [2.75, 3.05) is 6.54 Å².